The molecular weight excluding hydrogens is 306 g/mol. The molecule has 0 aliphatic rings. The second-order valence-electron chi connectivity index (χ2n) is 5.27. The fraction of sp³-hybridized carbons (Fsp3) is 0.105. The number of carbonyl (C=O) groups excluding carboxylic acids is 1. The van der Waals surface area contributed by atoms with E-state index in [1.165, 1.54) is 13.2 Å². The number of H-pyrrole nitrogens is 1. The summed E-state index contributed by atoms with van der Waals surface area (Å²) in [4.78, 5) is 15.1. The highest BCUT2D eigenvalue weighted by Gasteiger charge is 2.12. The Morgan fingerprint density at radius 1 is 1.08 bits per heavy atom. The summed E-state index contributed by atoms with van der Waals surface area (Å²) in [6, 6.07) is 17.8. The zero-order valence-electron chi connectivity index (χ0n) is 13.2. The van der Waals surface area contributed by atoms with E-state index in [9.17, 15) is 9.90 Å². The molecule has 0 radical (unpaired) electrons. The predicted octanol–water partition coefficient (Wildman–Crippen LogP) is 3.75. The van der Waals surface area contributed by atoms with Gasteiger partial charge in [-0.2, -0.15) is 0 Å². The minimum absolute atomic E-state index is 0.0900. The Morgan fingerprint density at radius 2 is 1.88 bits per heavy atom. The van der Waals surface area contributed by atoms with Crippen molar-refractivity contribution in [3.63, 3.8) is 0 Å². The number of phenols is 1. The summed E-state index contributed by atoms with van der Waals surface area (Å²) in [5, 5.41) is 9.73. The van der Waals surface area contributed by atoms with E-state index >= 15 is 0 Å². The molecule has 122 valence electrons. The zero-order chi connectivity index (χ0) is 16.9. The van der Waals surface area contributed by atoms with Crippen LogP contribution in [0.1, 0.15) is 16.1 Å². The van der Waals surface area contributed by atoms with E-state index in [0.717, 1.165) is 5.56 Å². The van der Waals surface area contributed by atoms with Crippen molar-refractivity contribution in [2.75, 3.05) is 7.11 Å². The first-order valence-electron chi connectivity index (χ1n) is 7.44. The van der Waals surface area contributed by atoms with Crippen molar-refractivity contribution in [2.24, 2.45) is 0 Å². The van der Waals surface area contributed by atoms with Crippen molar-refractivity contribution >= 4 is 5.97 Å². The van der Waals surface area contributed by atoms with E-state index in [1.807, 2.05) is 30.3 Å². The van der Waals surface area contributed by atoms with Crippen LogP contribution < -0.4 is 4.74 Å². The van der Waals surface area contributed by atoms with Crippen LogP contribution in [-0.2, 0) is 11.3 Å². The lowest BCUT2D eigenvalue weighted by atomic mass is 10.1. The second kappa shape index (κ2) is 6.91. The third-order valence-corrected chi connectivity index (χ3v) is 3.56. The molecule has 5 nitrogen and oxygen atoms in total. The highest BCUT2D eigenvalue weighted by Crippen LogP contribution is 2.28. The topological polar surface area (TPSA) is 71.6 Å². The number of aromatic hydroxyl groups is 1. The average molecular weight is 323 g/mol. The summed E-state index contributed by atoms with van der Waals surface area (Å²) in [5.41, 5.74) is 2.68. The van der Waals surface area contributed by atoms with Crippen molar-refractivity contribution in [1.29, 1.82) is 0 Å². The smallest absolute Gasteiger partial charge is 0.355 e. The molecule has 3 aromatic rings. The lowest BCUT2D eigenvalue weighted by Gasteiger charge is -2.05. The molecule has 0 atom stereocenters. The van der Waals surface area contributed by atoms with Gasteiger partial charge in [0.1, 0.15) is 23.8 Å². The molecule has 3 rings (SSSR count). The van der Waals surface area contributed by atoms with Gasteiger partial charge in [0.25, 0.3) is 0 Å². The largest absolute Gasteiger partial charge is 0.508 e. The van der Waals surface area contributed by atoms with Gasteiger partial charge in [-0.15, -0.1) is 0 Å². The van der Waals surface area contributed by atoms with Crippen molar-refractivity contribution in [3.8, 4) is 22.8 Å². The summed E-state index contributed by atoms with van der Waals surface area (Å²) in [7, 11) is 1.53. The first-order valence-corrected chi connectivity index (χ1v) is 7.44. The number of rotatable bonds is 5. The van der Waals surface area contributed by atoms with Crippen LogP contribution in [0.3, 0.4) is 0 Å². The highest BCUT2D eigenvalue weighted by atomic mass is 16.5. The van der Waals surface area contributed by atoms with Crippen LogP contribution in [-0.4, -0.2) is 23.2 Å². The quantitative estimate of drug-likeness (QED) is 0.701. The van der Waals surface area contributed by atoms with Gasteiger partial charge in [0.2, 0.25) is 0 Å². The van der Waals surface area contributed by atoms with Crippen LogP contribution in [0.4, 0.5) is 0 Å². The van der Waals surface area contributed by atoms with Crippen LogP contribution >= 0.6 is 0 Å². The molecular formula is C19H17NO4. The van der Waals surface area contributed by atoms with Crippen molar-refractivity contribution in [2.45, 2.75) is 6.61 Å². The predicted molar refractivity (Wildman–Crippen MR) is 90.0 cm³/mol. The van der Waals surface area contributed by atoms with Gasteiger partial charge in [-0.1, -0.05) is 30.3 Å². The number of hydrogen-bond acceptors (Lipinski definition) is 4. The van der Waals surface area contributed by atoms with Gasteiger partial charge >= 0.3 is 5.97 Å². The third-order valence-electron chi connectivity index (χ3n) is 3.56. The maximum absolute atomic E-state index is 12.1. The number of aromatic amines is 1. The van der Waals surface area contributed by atoms with Crippen molar-refractivity contribution in [1.82, 2.24) is 4.98 Å². The number of benzene rings is 2. The molecule has 5 heteroatoms. The molecule has 0 saturated heterocycles. The van der Waals surface area contributed by atoms with Gasteiger partial charge in [0.15, 0.2) is 0 Å². The van der Waals surface area contributed by atoms with E-state index in [1.54, 1.807) is 24.3 Å². The molecule has 0 aliphatic carbocycles. The molecule has 1 aromatic heterocycles. The Morgan fingerprint density at radius 3 is 2.62 bits per heavy atom. The Kier molecular flexibility index (Phi) is 4.52. The molecule has 0 amide bonds. The molecule has 0 saturated carbocycles. The number of esters is 1. The first-order chi connectivity index (χ1) is 11.7. The molecule has 0 aliphatic heterocycles. The summed E-state index contributed by atoms with van der Waals surface area (Å²) < 4.78 is 10.4. The van der Waals surface area contributed by atoms with Gasteiger partial charge in [-0.3, -0.25) is 0 Å². The maximum Gasteiger partial charge on any atom is 0.355 e. The first kappa shape index (κ1) is 15.7. The van der Waals surface area contributed by atoms with Crippen LogP contribution in [0.25, 0.3) is 11.3 Å². The monoisotopic (exact) mass is 323 g/mol. The van der Waals surface area contributed by atoms with E-state index in [-0.39, 0.29) is 12.4 Å². The number of aromatic nitrogens is 1. The van der Waals surface area contributed by atoms with Crippen LogP contribution in [0, 0.1) is 0 Å². The number of ether oxygens (including phenoxy) is 2. The third kappa shape index (κ3) is 3.57. The van der Waals surface area contributed by atoms with Gasteiger partial charge in [-0.05, 0) is 29.8 Å². The van der Waals surface area contributed by atoms with E-state index in [4.69, 9.17) is 9.47 Å². The molecule has 24 heavy (non-hydrogen) atoms. The average Bonchev–Trinajstić information content (AvgIpc) is 3.10. The lowest BCUT2D eigenvalue weighted by Crippen LogP contribution is -2.05. The van der Waals surface area contributed by atoms with Gasteiger partial charge in [-0.25, -0.2) is 4.79 Å². The van der Waals surface area contributed by atoms with Gasteiger partial charge < -0.3 is 19.6 Å². The Hall–Kier alpha value is -3.21. The molecule has 2 N–H and O–H groups in total. The molecule has 1 heterocycles. The molecule has 2 aromatic carbocycles. The fourth-order valence-corrected chi connectivity index (χ4v) is 2.34. The highest BCUT2D eigenvalue weighted by molar-refractivity contribution is 5.88. The number of phenolic OH excluding ortho intramolecular Hbond substituents is 1. The van der Waals surface area contributed by atoms with E-state index in [2.05, 4.69) is 4.98 Å². The molecule has 0 bridgehead atoms. The minimum Gasteiger partial charge on any atom is -0.508 e. The summed E-state index contributed by atoms with van der Waals surface area (Å²) in [5.74, 6) is 0.192. The SMILES string of the molecule is COc1cc(O)cc(-c2ccc(C(=O)OCc3ccccc3)[nH]2)c1. The standard InChI is InChI=1S/C19H17NO4/c1-23-16-10-14(9-15(21)11-16)17-7-8-18(20-17)19(22)24-12-13-5-3-2-4-6-13/h2-11,20-21H,12H2,1H3. The van der Waals surface area contributed by atoms with Crippen LogP contribution in [0.15, 0.2) is 60.7 Å². The van der Waals surface area contributed by atoms with E-state index < -0.39 is 5.97 Å². The maximum atomic E-state index is 12.1. The lowest BCUT2D eigenvalue weighted by molar-refractivity contribution is 0.0466. The van der Waals surface area contributed by atoms with Gasteiger partial charge in [0.05, 0.1) is 7.11 Å². The second-order valence-corrected chi connectivity index (χ2v) is 5.27. The number of carbonyl (C=O) groups is 1. The normalized spacial score (nSPS) is 10.4. The zero-order valence-corrected chi connectivity index (χ0v) is 13.2. The Labute approximate surface area is 139 Å². The Bertz CT molecular complexity index is 840. The van der Waals surface area contributed by atoms with Gasteiger partial charge in [0, 0.05) is 17.3 Å². The van der Waals surface area contributed by atoms with Crippen molar-refractivity contribution < 1.29 is 19.4 Å². The fourth-order valence-electron chi connectivity index (χ4n) is 2.34. The summed E-state index contributed by atoms with van der Waals surface area (Å²) in [6.07, 6.45) is 0. The van der Waals surface area contributed by atoms with Crippen LogP contribution in [0.5, 0.6) is 11.5 Å². The number of nitrogens with one attached hydrogen (secondary N) is 1. The van der Waals surface area contributed by atoms with Crippen molar-refractivity contribution in [3.05, 3.63) is 71.9 Å². The minimum atomic E-state index is -0.433. The van der Waals surface area contributed by atoms with E-state index in [0.29, 0.717) is 22.7 Å². The number of hydrogen-bond donors (Lipinski definition) is 2. The molecule has 0 unspecified atom stereocenters. The van der Waals surface area contributed by atoms with Crippen LogP contribution in [0.2, 0.25) is 0 Å². The molecule has 0 spiro atoms. The number of methoxy groups -OCH3 is 1. The summed E-state index contributed by atoms with van der Waals surface area (Å²) in [6.45, 7) is 0.216. The summed E-state index contributed by atoms with van der Waals surface area (Å²) >= 11 is 0. The molecule has 0 fully saturated rings. The Balaban J connectivity index is 1.73.